The Morgan fingerprint density at radius 2 is 1.59 bits per heavy atom. The minimum absolute atomic E-state index is 0.116. The van der Waals surface area contributed by atoms with Gasteiger partial charge in [-0.15, -0.1) is 0 Å². The maximum atomic E-state index is 13.1. The highest BCUT2D eigenvalue weighted by Gasteiger charge is 2.35. The Hall–Kier alpha value is -2.58. The normalized spacial score (nSPS) is 18.7. The molecule has 0 aliphatic carbocycles. The van der Waals surface area contributed by atoms with E-state index >= 15 is 0 Å². The lowest BCUT2D eigenvalue weighted by atomic mass is 9.96. The van der Waals surface area contributed by atoms with E-state index in [1.54, 1.807) is 18.2 Å². The van der Waals surface area contributed by atoms with Crippen molar-refractivity contribution in [1.29, 1.82) is 0 Å². The number of piperazine rings is 1. The van der Waals surface area contributed by atoms with Crippen molar-refractivity contribution in [3.63, 3.8) is 0 Å². The Balaban J connectivity index is 1.33. The highest BCUT2D eigenvalue weighted by atomic mass is 32.2. The van der Waals surface area contributed by atoms with Crippen LogP contribution in [0.5, 0.6) is 5.75 Å². The predicted octanol–water partition coefficient (Wildman–Crippen LogP) is 2.76. The molecule has 8 heteroatoms. The lowest BCUT2D eigenvalue weighted by Crippen LogP contribution is -2.52. The first kappa shape index (κ1) is 22.6. The quantitative estimate of drug-likeness (QED) is 0.764. The fourth-order valence-corrected chi connectivity index (χ4v) is 6.40. The van der Waals surface area contributed by atoms with Crippen LogP contribution in [0.2, 0.25) is 0 Å². The Morgan fingerprint density at radius 3 is 2.22 bits per heavy atom. The van der Waals surface area contributed by atoms with Gasteiger partial charge in [-0.2, -0.15) is 4.31 Å². The van der Waals surface area contributed by atoms with Crippen molar-refractivity contribution in [1.82, 2.24) is 9.21 Å². The molecule has 2 aliphatic rings. The van der Waals surface area contributed by atoms with Crippen LogP contribution in [0.3, 0.4) is 0 Å². The van der Waals surface area contributed by atoms with E-state index in [9.17, 15) is 18.3 Å². The maximum Gasteiger partial charge on any atom is 0.243 e. The zero-order valence-corrected chi connectivity index (χ0v) is 19.5. The van der Waals surface area contributed by atoms with Crippen LogP contribution in [-0.4, -0.2) is 67.9 Å². The van der Waals surface area contributed by atoms with E-state index in [1.165, 1.54) is 4.31 Å². The summed E-state index contributed by atoms with van der Waals surface area (Å²) in [7, 11) is -3.55. The van der Waals surface area contributed by atoms with E-state index in [4.69, 9.17) is 0 Å². The second-order valence-corrected chi connectivity index (χ2v) is 10.7. The number of anilines is 1. The number of aromatic hydroxyl groups is 1. The van der Waals surface area contributed by atoms with Gasteiger partial charge in [0.05, 0.1) is 10.6 Å². The summed E-state index contributed by atoms with van der Waals surface area (Å²) in [5, 5.41) is 10.1. The molecule has 32 heavy (non-hydrogen) atoms. The zero-order valence-electron chi connectivity index (χ0n) is 18.7. The topological polar surface area (TPSA) is 81.2 Å². The van der Waals surface area contributed by atoms with Gasteiger partial charge >= 0.3 is 0 Å². The van der Waals surface area contributed by atoms with Crippen molar-refractivity contribution in [3.05, 3.63) is 53.6 Å². The Kier molecular flexibility index (Phi) is 6.44. The molecule has 0 aromatic heterocycles. The van der Waals surface area contributed by atoms with Crippen LogP contribution >= 0.6 is 0 Å². The Labute approximate surface area is 190 Å². The number of aryl methyl sites for hydroxylation is 2. The molecule has 0 unspecified atom stereocenters. The summed E-state index contributed by atoms with van der Waals surface area (Å²) < 4.78 is 27.7. The smallest absolute Gasteiger partial charge is 0.243 e. The van der Waals surface area contributed by atoms with E-state index in [0.717, 1.165) is 16.8 Å². The molecule has 172 valence electrons. The molecule has 4 rings (SSSR count). The number of hydrogen-bond acceptors (Lipinski definition) is 5. The van der Waals surface area contributed by atoms with Crippen LogP contribution in [0.4, 0.5) is 5.69 Å². The molecule has 0 radical (unpaired) electrons. The number of amides is 1. The number of carbonyl (C=O) groups is 1. The molecular formula is C24H31N3O4S. The van der Waals surface area contributed by atoms with E-state index < -0.39 is 10.0 Å². The van der Waals surface area contributed by atoms with E-state index in [2.05, 4.69) is 4.90 Å². The molecule has 1 amide bonds. The first-order valence-corrected chi connectivity index (χ1v) is 12.6. The SMILES string of the molecule is Cc1ccc(S(=O)(=O)N2CCC(C(=O)N3CCN(c4ccccc4O)CC3)CC2)c(C)c1. The molecule has 2 aromatic rings. The van der Waals surface area contributed by atoms with Crippen molar-refractivity contribution in [2.24, 2.45) is 5.92 Å². The second kappa shape index (κ2) is 9.11. The minimum atomic E-state index is -3.55. The molecule has 2 fully saturated rings. The van der Waals surface area contributed by atoms with Gasteiger partial charge in [-0.1, -0.05) is 29.8 Å². The number of piperidine rings is 1. The summed E-state index contributed by atoms with van der Waals surface area (Å²) in [5.41, 5.74) is 2.59. The van der Waals surface area contributed by atoms with Crippen molar-refractivity contribution < 1.29 is 18.3 Å². The van der Waals surface area contributed by atoms with Crippen molar-refractivity contribution in [2.75, 3.05) is 44.2 Å². The fraction of sp³-hybridized carbons (Fsp3) is 0.458. The number of phenols is 1. The largest absolute Gasteiger partial charge is 0.506 e. The molecule has 0 saturated carbocycles. The minimum Gasteiger partial charge on any atom is -0.506 e. The number of rotatable bonds is 4. The predicted molar refractivity (Wildman–Crippen MR) is 124 cm³/mol. The summed E-state index contributed by atoms with van der Waals surface area (Å²) in [6.07, 6.45) is 1.09. The summed E-state index contributed by atoms with van der Waals surface area (Å²) in [6, 6.07) is 12.6. The lowest BCUT2D eigenvalue weighted by Gasteiger charge is -2.39. The zero-order chi connectivity index (χ0) is 22.9. The van der Waals surface area contributed by atoms with Gasteiger partial charge in [0.15, 0.2) is 0 Å². The van der Waals surface area contributed by atoms with Crippen molar-refractivity contribution in [3.8, 4) is 5.75 Å². The van der Waals surface area contributed by atoms with Crippen LogP contribution in [0.1, 0.15) is 24.0 Å². The van der Waals surface area contributed by atoms with Crippen LogP contribution < -0.4 is 4.90 Å². The lowest BCUT2D eigenvalue weighted by molar-refractivity contribution is -0.137. The second-order valence-electron chi connectivity index (χ2n) is 8.75. The molecule has 2 aromatic carbocycles. The molecule has 1 N–H and O–H groups in total. The third-order valence-corrected chi connectivity index (χ3v) is 8.62. The standard InChI is InChI=1S/C24H31N3O4S/c1-18-7-8-23(19(2)17-18)32(30,31)27-11-9-20(10-12-27)24(29)26-15-13-25(14-16-26)21-5-3-4-6-22(21)28/h3-8,17,20,28H,9-16H2,1-2H3. The van der Waals surface area contributed by atoms with E-state index in [-0.39, 0.29) is 17.6 Å². The third kappa shape index (κ3) is 4.47. The molecule has 0 bridgehead atoms. The average Bonchev–Trinajstić information content (AvgIpc) is 2.79. The first-order chi connectivity index (χ1) is 15.3. The number of benzene rings is 2. The Morgan fingerprint density at radius 1 is 0.938 bits per heavy atom. The van der Waals surface area contributed by atoms with Crippen molar-refractivity contribution >= 4 is 21.6 Å². The van der Waals surface area contributed by atoms with Gasteiger partial charge < -0.3 is 14.9 Å². The van der Waals surface area contributed by atoms with Gasteiger partial charge in [-0.05, 0) is 50.5 Å². The van der Waals surface area contributed by atoms with Crippen LogP contribution in [0.25, 0.3) is 0 Å². The number of sulfonamides is 1. The van der Waals surface area contributed by atoms with E-state index in [0.29, 0.717) is 57.0 Å². The van der Waals surface area contributed by atoms with Crippen LogP contribution in [-0.2, 0) is 14.8 Å². The molecule has 2 heterocycles. The Bertz CT molecular complexity index is 1090. The third-order valence-electron chi connectivity index (χ3n) is 6.57. The van der Waals surface area contributed by atoms with Crippen LogP contribution in [0.15, 0.2) is 47.4 Å². The highest BCUT2D eigenvalue weighted by molar-refractivity contribution is 7.89. The summed E-state index contributed by atoms with van der Waals surface area (Å²) in [4.78, 5) is 17.4. The fourth-order valence-electron chi connectivity index (χ4n) is 4.73. The van der Waals surface area contributed by atoms with Crippen LogP contribution in [0, 0.1) is 19.8 Å². The summed E-state index contributed by atoms with van der Waals surface area (Å²) >= 11 is 0. The number of phenolic OH excluding ortho intramolecular Hbond substituents is 1. The molecule has 2 saturated heterocycles. The average molecular weight is 458 g/mol. The number of carbonyl (C=O) groups excluding carboxylic acids is 1. The van der Waals surface area contributed by atoms with E-state index in [1.807, 2.05) is 43.0 Å². The highest BCUT2D eigenvalue weighted by Crippen LogP contribution is 2.29. The molecular weight excluding hydrogens is 426 g/mol. The number of hydrogen-bond donors (Lipinski definition) is 1. The first-order valence-electron chi connectivity index (χ1n) is 11.2. The molecule has 2 aliphatic heterocycles. The van der Waals surface area contributed by atoms with Gasteiger partial charge in [0.1, 0.15) is 5.75 Å². The number of nitrogens with zero attached hydrogens (tertiary/aromatic N) is 3. The van der Waals surface area contributed by atoms with Gasteiger partial charge in [0, 0.05) is 45.2 Å². The monoisotopic (exact) mass is 457 g/mol. The summed E-state index contributed by atoms with van der Waals surface area (Å²) in [5.74, 6) is 0.229. The number of para-hydroxylation sites is 2. The van der Waals surface area contributed by atoms with Gasteiger partial charge in [-0.25, -0.2) is 8.42 Å². The maximum absolute atomic E-state index is 13.1. The van der Waals surface area contributed by atoms with Gasteiger partial charge in [0.25, 0.3) is 0 Å². The molecule has 0 spiro atoms. The molecule has 7 nitrogen and oxygen atoms in total. The molecule has 0 atom stereocenters. The van der Waals surface area contributed by atoms with Crippen molar-refractivity contribution in [2.45, 2.75) is 31.6 Å². The van der Waals surface area contributed by atoms with Gasteiger partial charge in [-0.3, -0.25) is 4.79 Å². The summed E-state index contributed by atoms with van der Waals surface area (Å²) in [6.45, 7) is 7.05. The van der Waals surface area contributed by atoms with Gasteiger partial charge in [0.2, 0.25) is 15.9 Å².